The molecule has 0 atom stereocenters. The van der Waals surface area contributed by atoms with Crippen molar-refractivity contribution >= 4 is 28.7 Å². The first-order valence-electron chi connectivity index (χ1n) is 10.3. The number of amides is 3. The average Bonchev–Trinajstić information content (AvgIpc) is 3.18. The van der Waals surface area contributed by atoms with Gasteiger partial charge >= 0.3 is 6.03 Å². The topological polar surface area (TPSA) is 92.1 Å². The highest BCUT2D eigenvalue weighted by atomic mass is 16.2. The van der Waals surface area contributed by atoms with Crippen LogP contribution in [0.15, 0.2) is 42.5 Å². The Morgan fingerprint density at radius 3 is 2.57 bits per heavy atom. The number of aromatic nitrogens is 3. The van der Waals surface area contributed by atoms with E-state index in [1.165, 1.54) is 6.42 Å². The SMILES string of the molecule is Cc1ccc(NC(=O)NCCn2nnc3cc(C(=O)N4CCCCC4)ccc32)cc1. The van der Waals surface area contributed by atoms with Gasteiger partial charge in [-0.05, 0) is 56.5 Å². The largest absolute Gasteiger partial charge is 0.339 e. The Bertz CT molecular complexity index is 1040. The van der Waals surface area contributed by atoms with Gasteiger partial charge < -0.3 is 15.5 Å². The van der Waals surface area contributed by atoms with Crippen LogP contribution in [0.5, 0.6) is 0 Å². The number of likely N-dealkylation sites (tertiary alicyclic amines) is 1. The minimum Gasteiger partial charge on any atom is -0.339 e. The Balaban J connectivity index is 1.34. The van der Waals surface area contributed by atoms with E-state index in [0.29, 0.717) is 24.2 Å². The predicted octanol–water partition coefficient (Wildman–Crippen LogP) is 3.19. The quantitative estimate of drug-likeness (QED) is 0.681. The first-order valence-corrected chi connectivity index (χ1v) is 10.3. The second-order valence-corrected chi connectivity index (χ2v) is 7.62. The number of carbonyl (C=O) groups is 2. The molecule has 2 aromatic carbocycles. The fourth-order valence-electron chi connectivity index (χ4n) is 3.64. The monoisotopic (exact) mass is 406 g/mol. The maximum atomic E-state index is 12.7. The van der Waals surface area contributed by atoms with Gasteiger partial charge in [-0.3, -0.25) is 4.79 Å². The molecule has 0 unspecified atom stereocenters. The molecule has 1 aliphatic heterocycles. The molecule has 0 saturated carbocycles. The lowest BCUT2D eigenvalue weighted by Gasteiger charge is -2.26. The van der Waals surface area contributed by atoms with Crippen LogP contribution in [0, 0.1) is 6.92 Å². The summed E-state index contributed by atoms with van der Waals surface area (Å²) in [5.74, 6) is 0.0561. The Kier molecular flexibility index (Phi) is 5.92. The molecule has 30 heavy (non-hydrogen) atoms. The van der Waals surface area contributed by atoms with Gasteiger partial charge in [-0.1, -0.05) is 22.9 Å². The van der Waals surface area contributed by atoms with Gasteiger partial charge in [0, 0.05) is 30.9 Å². The van der Waals surface area contributed by atoms with Gasteiger partial charge in [0.15, 0.2) is 0 Å². The van der Waals surface area contributed by atoms with Crippen molar-refractivity contribution in [3.05, 3.63) is 53.6 Å². The zero-order valence-electron chi connectivity index (χ0n) is 17.1. The lowest BCUT2D eigenvalue weighted by molar-refractivity contribution is 0.0724. The number of carbonyl (C=O) groups excluding carboxylic acids is 2. The Morgan fingerprint density at radius 1 is 1.03 bits per heavy atom. The fourth-order valence-corrected chi connectivity index (χ4v) is 3.64. The van der Waals surface area contributed by atoms with Crippen LogP contribution >= 0.6 is 0 Å². The highest BCUT2D eigenvalue weighted by molar-refractivity contribution is 5.97. The molecular formula is C22H26N6O2. The van der Waals surface area contributed by atoms with Crippen molar-refractivity contribution in [3.8, 4) is 0 Å². The molecule has 0 bridgehead atoms. The maximum Gasteiger partial charge on any atom is 0.319 e. The first kappa shape index (κ1) is 19.9. The van der Waals surface area contributed by atoms with E-state index in [-0.39, 0.29) is 11.9 Å². The molecule has 8 heteroatoms. The molecule has 4 rings (SSSR count). The first-order chi connectivity index (χ1) is 14.6. The third-order valence-electron chi connectivity index (χ3n) is 5.32. The number of fused-ring (bicyclic) bond motifs is 1. The summed E-state index contributed by atoms with van der Waals surface area (Å²) in [5, 5.41) is 14.0. The Morgan fingerprint density at radius 2 is 1.80 bits per heavy atom. The van der Waals surface area contributed by atoms with Gasteiger partial charge in [0.1, 0.15) is 5.52 Å². The van der Waals surface area contributed by atoms with Gasteiger partial charge in [-0.25, -0.2) is 9.48 Å². The van der Waals surface area contributed by atoms with E-state index in [2.05, 4.69) is 20.9 Å². The zero-order valence-corrected chi connectivity index (χ0v) is 17.1. The van der Waals surface area contributed by atoms with Crippen LogP contribution in [0.1, 0.15) is 35.2 Å². The number of hydrogen-bond donors (Lipinski definition) is 2. The maximum absolute atomic E-state index is 12.7. The number of rotatable bonds is 5. The highest BCUT2D eigenvalue weighted by Gasteiger charge is 2.19. The van der Waals surface area contributed by atoms with Crippen LogP contribution in [0.25, 0.3) is 11.0 Å². The van der Waals surface area contributed by atoms with E-state index >= 15 is 0 Å². The van der Waals surface area contributed by atoms with Crippen LogP contribution in [-0.4, -0.2) is 51.5 Å². The van der Waals surface area contributed by atoms with Gasteiger partial charge in [-0.2, -0.15) is 0 Å². The summed E-state index contributed by atoms with van der Waals surface area (Å²) >= 11 is 0. The van der Waals surface area contributed by atoms with E-state index in [9.17, 15) is 9.59 Å². The summed E-state index contributed by atoms with van der Waals surface area (Å²) < 4.78 is 1.73. The number of hydrogen-bond acceptors (Lipinski definition) is 4. The van der Waals surface area contributed by atoms with Crippen molar-refractivity contribution in [2.24, 2.45) is 0 Å². The summed E-state index contributed by atoms with van der Waals surface area (Å²) in [7, 11) is 0. The van der Waals surface area contributed by atoms with Crippen molar-refractivity contribution in [3.63, 3.8) is 0 Å². The van der Waals surface area contributed by atoms with Crippen LogP contribution in [0.2, 0.25) is 0 Å². The van der Waals surface area contributed by atoms with E-state index in [1.54, 1.807) is 10.7 Å². The van der Waals surface area contributed by atoms with Crippen LogP contribution in [-0.2, 0) is 6.54 Å². The molecule has 1 aromatic heterocycles. The Labute approximate surface area is 175 Å². The average molecular weight is 406 g/mol. The number of urea groups is 1. The molecule has 2 N–H and O–H groups in total. The minimum atomic E-state index is -0.266. The van der Waals surface area contributed by atoms with Crippen molar-refractivity contribution in [2.45, 2.75) is 32.7 Å². The van der Waals surface area contributed by atoms with E-state index in [0.717, 1.165) is 42.7 Å². The summed E-state index contributed by atoms with van der Waals surface area (Å²) in [4.78, 5) is 26.6. The predicted molar refractivity (Wildman–Crippen MR) is 115 cm³/mol. The summed E-state index contributed by atoms with van der Waals surface area (Å²) in [6.45, 7) is 4.53. The number of benzene rings is 2. The molecular weight excluding hydrogens is 380 g/mol. The third kappa shape index (κ3) is 4.59. The van der Waals surface area contributed by atoms with Gasteiger partial charge in [0.25, 0.3) is 5.91 Å². The van der Waals surface area contributed by atoms with Crippen molar-refractivity contribution in [1.82, 2.24) is 25.2 Å². The lowest BCUT2D eigenvalue weighted by atomic mass is 10.1. The van der Waals surface area contributed by atoms with Gasteiger partial charge in [0.2, 0.25) is 0 Å². The van der Waals surface area contributed by atoms with Crippen LogP contribution in [0.3, 0.4) is 0 Å². The molecule has 1 saturated heterocycles. The summed E-state index contributed by atoms with van der Waals surface area (Å²) in [6, 6.07) is 12.9. The fraction of sp³-hybridized carbons (Fsp3) is 0.364. The normalized spacial score (nSPS) is 14.0. The molecule has 1 fully saturated rings. The van der Waals surface area contributed by atoms with Crippen LogP contribution < -0.4 is 10.6 Å². The molecule has 8 nitrogen and oxygen atoms in total. The van der Waals surface area contributed by atoms with Crippen molar-refractivity contribution < 1.29 is 9.59 Å². The molecule has 156 valence electrons. The van der Waals surface area contributed by atoms with E-state index in [1.807, 2.05) is 48.2 Å². The number of nitrogens with zero attached hydrogens (tertiary/aromatic N) is 4. The van der Waals surface area contributed by atoms with E-state index < -0.39 is 0 Å². The smallest absolute Gasteiger partial charge is 0.319 e. The minimum absolute atomic E-state index is 0.0561. The molecule has 0 aliphatic carbocycles. The molecule has 2 heterocycles. The summed E-state index contributed by atoms with van der Waals surface area (Å²) in [6.07, 6.45) is 3.32. The number of anilines is 1. The van der Waals surface area contributed by atoms with Crippen LogP contribution in [0.4, 0.5) is 10.5 Å². The van der Waals surface area contributed by atoms with Crippen molar-refractivity contribution in [1.29, 1.82) is 0 Å². The second kappa shape index (κ2) is 8.94. The lowest BCUT2D eigenvalue weighted by Crippen LogP contribution is -2.35. The van der Waals surface area contributed by atoms with Crippen molar-refractivity contribution in [2.75, 3.05) is 25.0 Å². The number of piperidine rings is 1. The Hall–Kier alpha value is -3.42. The molecule has 3 amide bonds. The highest BCUT2D eigenvalue weighted by Crippen LogP contribution is 2.17. The molecule has 0 spiro atoms. The molecule has 3 aromatic rings. The molecule has 0 radical (unpaired) electrons. The number of aryl methyl sites for hydroxylation is 1. The third-order valence-corrected chi connectivity index (χ3v) is 5.32. The zero-order chi connectivity index (χ0) is 20.9. The molecule has 1 aliphatic rings. The number of nitrogens with one attached hydrogen (secondary N) is 2. The van der Waals surface area contributed by atoms with Gasteiger partial charge in [-0.15, -0.1) is 5.10 Å². The standard InChI is InChI=1S/C22H26N6O2/c1-16-5-8-18(9-6-16)24-22(30)23-11-14-28-20-10-7-17(15-19(20)25-26-28)21(29)27-12-3-2-4-13-27/h5-10,15H,2-4,11-14H2,1H3,(H2,23,24,30). The van der Waals surface area contributed by atoms with E-state index in [4.69, 9.17) is 0 Å². The second-order valence-electron chi connectivity index (χ2n) is 7.62. The van der Waals surface area contributed by atoms with Gasteiger partial charge in [0.05, 0.1) is 12.1 Å². The summed E-state index contributed by atoms with van der Waals surface area (Å²) in [5.41, 5.74) is 4.05.